The maximum Gasteiger partial charge on any atom is 0.00733 e. The molecule has 3 aromatic rings. The lowest BCUT2D eigenvalue weighted by Crippen LogP contribution is -2.31. The number of aryl methyl sites for hydroxylation is 3. The Bertz CT molecular complexity index is 713. The molecule has 0 saturated carbocycles. The molecule has 2 heteroatoms. The first-order chi connectivity index (χ1) is 14.8. The maximum absolute atomic E-state index is 4.85. The summed E-state index contributed by atoms with van der Waals surface area (Å²) in [6, 6.07) is 33.1. The van der Waals surface area contributed by atoms with Crippen molar-refractivity contribution in [1.82, 2.24) is 5.32 Å². The molecule has 0 heterocycles. The van der Waals surface area contributed by atoms with Gasteiger partial charge in [0.05, 0.1) is 0 Å². The molecule has 3 aromatic carbocycles. The zero-order valence-electron chi connectivity index (χ0n) is 18.5. The van der Waals surface area contributed by atoms with Crippen molar-refractivity contribution in [3.63, 3.8) is 0 Å². The average Bonchev–Trinajstić information content (AvgIpc) is 2.80. The van der Waals surface area contributed by atoms with Crippen molar-refractivity contribution < 1.29 is 0 Å². The molecule has 0 aliphatic heterocycles. The van der Waals surface area contributed by atoms with E-state index in [9.17, 15) is 0 Å². The van der Waals surface area contributed by atoms with E-state index in [2.05, 4.69) is 96.3 Å². The first kappa shape index (κ1) is 23.9. The van der Waals surface area contributed by atoms with Gasteiger partial charge in [0.25, 0.3) is 0 Å². The summed E-state index contributed by atoms with van der Waals surface area (Å²) in [7, 11) is 0. The summed E-state index contributed by atoms with van der Waals surface area (Å²) >= 11 is 0. The minimum absolute atomic E-state index is 0.571. The zero-order valence-corrected chi connectivity index (χ0v) is 18.5. The molecule has 3 rings (SSSR count). The van der Waals surface area contributed by atoms with Crippen LogP contribution in [0.25, 0.3) is 0 Å². The van der Waals surface area contributed by atoms with E-state index in [-0.39, 0.29) is 0 Å². The predicted molar refractivity (Wildman–Crippen MR) is 131 cm³/mol. The molecule has 0 fully saturated rings. The van der Waals surface area contributed by atoms with Crippen molar-refractivity contribution in [2.24, 2.45) is 5.73 Å². The fraction of sp³-hybridized carbons (Fsp3) is 0.357. The number of hydrogen-bond acceptors (Lipinski definition) is 2. The van der Waals surface area contributed by atoms with E-state index in [1.165, 1.54) is 36.0 Å². The highest BCUT2D eigenvalue weighted by molar-refractivity contribution is 5.16. The fourth-order valence-corrected chi connectivity index (χ4v) is 3.56. The lowest BCUT2D eigenvalue weighted by molar-refractivity contribution is 0.448. The van der Waals surface area contributed by atoms with Crippen LogP contribution < -0.4 is 11.1 Å². The van der Waals surface area contributed by atoms with Gasteiger partial charge in [-0.2, -0.15) is 0 Å². The Balaban J connectivity index is 0.00000101. The van der Waals surface area contributed by atoms with E-state index in [0.29, 0.717) is 6.04 Å². The Morgan fingerprint density at radius 2 is 1.00 bits per heavy atom. The number of benzene rings is 3. The van der Waals surface area contributed by atoms with Crippen LogP contribution >= 0.6 is 0 Å². The van der Waals surface area contributed by atoms with Crippen LogP contribution in [0, 0.1) is 0 Å². The van der Waals surface area contributed by atoms with Crippen LogP contribution in [0.5, 0.6) is 0 Å². The molecule has 0 atom stereocenters. The van der Waals surface area contributed by atoms with Gasteiger partial charge in [0, 0.05) is 6.04 Å². The Hall–Kier alpha value is -2.42. The number of rotatable bonds is 11. The minimum atomic E-state index is 0.571. The van der Waals surface area contributed by atoms with Gasteiger partial charge in [-0.1, -0.05) is 97.9 Å². The van der Waals surface area contributed by atoms with Gasteiger partial charge in [0.2, 0.25) is 0 Å². The van der Waals surface area contributed by atoms with Crippen LogP contribution in [0.4, 0.5) is 0 Å². The fourth-order valence-electron chi connectivity index (χ4n) is 3.56. The van der Waals surface area contributed by atoms with Gasteiger partial charge in [0.1, 0.15) is 0 Å². The van der Waals surface area contributed by atoms with Crippen LogP contribution in [0.3, 0.4) is 0 Å². The van der Waals surface area contributed by atoms with Gasteiger partial charge < -0.3 is 11.1 Å². The van der Waals surface area contributed by atoms with Crippen LogP contribution in [0.15, 0.2) is 91.0 Å². The van der Waals surface area contributed by atoms with Gasteiger partial charge in [-0.3, -0.25) is 0 Å². The highest BCUT2D eigenvalue weighted by atomic mass is 14.9. The lowest BCUT2D eigenvalue weighted by Gasteiger charge is -2.19. The van der Waals surface area contributed by atoms with Crippen molar-refractivity contribution in [1.29, 1.82) is 0 Å². The molecule has 0 aromatic heterocycles. The molecule has 0 amide bonds. The molecule has 3 N–H and O–H groups in total. The largest absolute Gasteiger partial charge is 0.331 e. The SMILES string of the molecule is CCN.c1ccc(CCCNC(CCc2ccccc2)CCc2ccccc2)cc1. The van der Waals surface area contributed by atoms with E-state index >= 15 is 0 Å². The summed E-state index contributed by atoms with van der Waals surface area (Å²) in [5, 5.41) is 3.83. The van der Waals surface area contributed by atoms with Gasteiger partial charge in [-0.05, 0) is 68.3 Å². The van der Waals surface area contributed by atoms with E-state index in [1.54, 1.807) is 0 Å². The Kier molecular flexibility index (Phi) is 12.3. The lowest BCUT2D eigenvalue weighted by atomic mass is 9.99. The zero-order chi connectivity index (χ0) is 21.3. The molecule has 0 aliphatic carbocycles. The highest BCUT2D eigenvalue weighted by Gasteiger charge is 2.09. The molecule has 2 nitrogen and oxygen atoms in total. The van der Waals surface area contributed by atoms with Gasteiger partial charge >= 0.3 is 0 Å². The molecule has 160 valence electrons. The quantitative estimate of drug-likeness (QED) is 0.397. The molecule has 0 spiro atoms. The second kappa shape index (κ2) is 15.4. The number of hydrogen-bond donors (Lipinski definition) is 2. The number of nitrogens with two attached hydrogens (primary N) is 1. The summed E-state index contributed by atoms with van der Waals surface area (Å²) in [5.41, 5.74) is 9.16. The summed E-state index contributed by atoms with van der Waals surface area (Å²) < 4.78 is 0. The van der Waals surface area contributed by atoms with E-state index in [1.807, 2.05) is 6.92 Å². The molecule has 0 bridgehead atoms. The van der Waals surface area contributed by atoms with Crippen molar-refractivity contribution in [2.75, 3.05) is 13.1 Å². The predicted octanol–water partition coefficient (Wildman–Crippen LogP) is 5.81. The molecule has 0 aliphatic rings. The smallest absolute Gasteiger partial charge is 0.00733 e. The molecule has 0 unspecified atom stereocenters. The first-order valence-corrected chi connectivity index (χ1v) is 11.4. The van der Waals surface area contributed by atoms with Crippen molar-refractivity contribution in [3.05, 3.63) is 108 Å². The second-order valence-corrected chi connectivity index (χ2v) is 7.70. The van der Waals surface area contributed by atoms with Crippen molar-refractivity contribution in [2.45, 2.75) is 51.5 Å². The third-order valence-corrected chi connectivity index (χ3v) is 5.17. The summed E-state index contributed by atoms with van der Waals surface area (Å²) in [6.45, 7) is 3.74. The first-order valence-electron chi connectivity index (χ1n) is 11.4. The van der Waals surface area contributed by atoms with E-state index in [4.69, 9.17) is 5.73 Å². The van der Waals surface area contributed by atoms with Crippen LogP contribution in [0.2, 0.25) is 0 Å². The standard InChI is InChI=1S/C26H31N.C2H7N/c1-4-11-23(12-5-1)17-10-22-27-26(20-18-24-13-6-2-7-14-24)21-19-25-15-8-3-9-16-25;1-2-3/h1-9,11-16,26-27H,10,17-22H2;2-3H2,1H3. The average molecular weight is 403 g/mol. The minimum Gasteiger partial charge on any atom is -0.331 e. The molecular formula is C28H38N2. The van der Waals surface area contributed by atoms with Crippen molar-refractivity contribution >= 4 is 0 Å². The normalized spacial score (nSPS) is 10.5. The Morgan fingerprint density at radius 1 is 0.633 bits per heavy atom. The monoisotopic (exact) mass is 402 g/mol. The highest BCUT2D eigenvalue weighted by Crippen LogP contribution is 2.12. The van der Waals surface area contributed by atoms with Gasteiger partial charge in [-0.25, -0.2) is 0 Å². The van der Waals surface area contributed by atoms with E-state index < -0.39 is 0 Å². The summed E-state index contributed by atoms with van der Waals surface area (Å²) in [6.07, 6.45) is 7.03. The Morgan fingerprint density at radius 3 is 1.40 bits per heavy atom. The summed E-state index contributed by atoms with van der Waals surface area (Å²) in [5.74, 6) is 0. The van der Waals surface area contributed by atoms with Crippen LogP contribution in [0.1, 0.15) is 42.9 Å². The Labute approximate surface area is 183 Å². The third kappa shape index (κ3) is 10.4. The van der Waals surface area contributed by atoms with Crippen LogP contribution in [-0.2, 0) is 19.3 Å². The topological polar surface area (TPSA) is 38.0 Å². The molecule has 0 saturated heterocycles. The van der Waals surface area contributed by atoms with Gasteiger partial charge in [-0.15, -0.1) is 0 Å². The maximum atomic E-state index is 4.85. The third-order valence-electron chi connectivity index (χ3n) is 5.17. The molecule has 30 heavy (non-hydrogen) atoms. The molecule has 0 radical (unpaired) electrons. The second-order valence-electron chi connectivity index (χ2n) is 7.70. The summed E-state index contributed by atoms with van der Waals surface area (Å²) in [4.78, 5) is 0. The number of nitrogens with one attached hydrogen (secondary N) is 1. The van der Waals surface area contributed by atoms with Gasteiger partial charge in [0.15, 0.2) is 0 Å². The van der Waals surface area contributed by atoms with E-state index in [0.717, 1.165) is 32.4 Å². The van der Waals surface area contributed by atoms with Crippen molar-refractivity contribution in [3.8, 4) is 0 Å². The molecular weight excluding hydrogens is 364 g/mol. The van der Waals surface area contributed by atoms with Crippen LogP contribution in [-0.4, -0.2) is 19.1 Å².